The summed E-state index contributed by atoms with van der Waals surface area (Å²) in [5.74, 6) is -0.604. The molecular weight excluding hydrogens is 378 g/mol. The molecule has 0 bridgehead atoms. The van der Waals surface area contributed by atoms with Crippen LogP contribution in [0.2, 0.25) is 0 Å². The summed E-state index contributed by atoms with van der Waals surface area (Å²) in [6, 6.07) is 7.55. The fourth-order valence-electron chi connectivity index (χ4n) is 5.00. The fraction of sp³-hybridized carbons (Fsp3) is 0.458. The molecule has 1 aliphatic carbocycles. The number of ketones is 1. The predicted molar refractivity (Wildman–Crippen MR) is 115 cm³/mol. The van der Waals surface area contributed by atoms with Crippen molar-refractivity contribution in [1.82, 2.24) is 14.8 Å². The lowest BCUT2D eigenvalue weighted by Gasteiger charge is -2.23. The second kappa shape index (κ2) is 7.11. The van der Waals surface area contributed by atoms with Gasteiger partial charge in [-0.2, -0.15) is 0 Å². The number of Topliss-reactive ketones (excluding diaryl/α,β-unsaturated/α-hetero) is 1. The van der Waals surface area contributed by atoms with Crippen molar-refractivity contribution in [3.05, 3.63) is 57.9 Å². The van der Waals surface area contributed by atoms with Gasteiger partial charge in [0, 0.05) is 23.0 Å². The Morgan fingerprint density at radius 1 is 1.13 bits per heavy atom. The van der Waals surface area contributed by atoms with Crippen LogP contribution in [0.15, 0.2) is 24.3 Å². The van der Waals surface area contributed by atoms with E-state index >= 15 is 0 Å². The minimum absolute atomic E-state index is 0.225. The van der Waals surface area contributed by atoms with E-state index in [9.17, 15) is 14.4 Å². The Morgan fingerprint density at radius 2 is 1.83 bits per heavy atom. The van der Waals surface area contributed by atoms with Crippen LogP contribution in [0, 0.1) is 13.8 Å². The Kier molecular flexibility index (Phi) is 4.83. The lowest BCUT2D eigenvalue weighted by atomic mass is 9.89. The third-order valence-corrected chi connectivity index (χ3v) is 6.55. The summed E-state index contributed by atoms with van der Waals surface area (Å²) in [6.45, 7) is 9.46. The molecule has 3 amide bonds. The highest BCUT2D eigenvalue weighted by atomic mass is 16.2. The SMILES string of the molecule is Cc1cc(C(=O)CN2C(=O)N[C@](C)(c3ccc4c(c3)CCC4)C2=O)c(C)n1C(C)C. The van der Waals surface area contributed by atoms with E-state index in [-0.39, 0.29) is 24.3 Å². The summed E-state index contributed by atoms with van der Waals surface area (Å²) < 4.78 is 2.09. The van der Waals surface area contributed by atoms with E-state index in [2.05, 4.69) is 29.8 Å². The maximum atomic E-state index is 13.3. The molecule has 6 heteroatoms. The van der Waals surface area contributed by atoms with Crippen molar-refractivity contribution in [3.8, 4) is 0 Å². The van der Waals surface area contributed by atoms with E-state index < -0.39 is 11.6 Å². The quantitative estimate of drug-likeness (QED) is 0.605. The first-order valence-corrected chi connectivity index (χ1v) is 10.6. The zero-order valence-corrected chi connectivity index (χ0v) is 18.3. The maximum Gasteiger partial charge on any atom is 0.325 e. The zero-order valence-electron chi connectivity index (χ0n) is 18.3. The van der Waals surface area contributed by atoms with Crippen LogP contribution in [0.3, 0.4) is 0 Å². The first-order chi connectivity index (χ1) is 14.1. The van der Waals surface area contributed by atoms with Crippen LogP contribution in [0.25, 0.3) is 0 Å². The molecule has 1 aromatic heterocycles. The molecule has 6 nitrogen and oxygen atoms in total. The van der Waals surface area contributed by atoms with Gasteiger partial charge in [0.05, 0.1) is 6.54 Å². The van der Waals surface area contributed by atoms with Crippen molar-refractivity contribution in [2.24, 2.45) is 0 Å². The molecule has 158 valence electrons. The van der Waals surface area contributed by atoms with Crippen LogP contribution in [-0.2, 0) is 23.2 Å². The third kappa shape index (κ3) is 3.06. The molecule has 1 fully saturated rings. The summed E-state index contributed by atoms with van der Waals surface area (Å²) in [6.07, 6.45) is 3.17. The predicted octanol–water partition coefficient (Wildman–Crippen LogP) is 3.82. The van der Waals surface area contributed by atoms with Crippen LogP contribution in [0.5, 0.6) is 0 Å². The van der Waals surface area contributed by atoms with Gasteiger partial charge in [0.15, 0.2) is 5.78 Å². The molecule has 0 radical (unpaired) electrons. The molecule has 2 heterocycles. The molecular formula is C24H29N3O3. The monoisotopic (exact) mass is 407 g/mol. The van der Waals surface area contributed by atoms with Gasteiger partial charge in [-0.3, -0.25) is 14.5 Å². The average molecular weight is 408 g/mol. The van der Waals surface area contributed by atoms with E-state index in [1.54, 1.807) is 6.92 Å². The summed E-state index contributed by atoms with van der Waals surface area (Å²) in [5, 5.41) is 2.82. The van der Waals surface area contributed by atoms with Crippen molar-refractivity contribution >= 4 is 17.7 Å². The number of aryl methyl sites for hydroxylation is 3. The Hall–Kier alpha value is -2.89. The maximum absolute atomic E-state index is 13.3. The standard InChI is InChI=1S/C24H29N3O3/c1-14(2)27-15(3)11-20(16(27)4)21(28)13-26-22(29)24(5,25-23(26)30)19-10-9-17-7-6-8-18(17)12-19/h9-12,14H,6-8,13H2,1-5H3,(H,25,30)/t24-/m1/s1. The molecule has 0 saturated carbocycles. The number of rotatable bonds is 5. The molecule has 1 saturated heterocycles. The minimum atomic E-state index is -1.15. The lowest BCUT2D eigenvalue weighted by Crippen LogP contribution is -2.41. The summed E-state index contributed by atoms with van der Waals surface area (Å²) in [7, 11) is 0. The molecule has 0 unspecified atom stereocenters. The van der Waals surface area contributed by atoms with E-state index in [1.165, 1.54) is 11.1 Å². The molecule has 1 N–H and O–H groups in total. The van der Waals surface area contributed by atoms with Crippen LogP contribution in [0.4, 0.5) is 4.79 Å². The summed E-state index contributed by atoms with van der Waals surface area (Å²) in [4.78, 5) is 40.0. The van der Waals surface area contributed by atoms with Crippen molar-refractivity contribution in [1.29, 1.82) is 0 Å². The largest absolute Gasteiger partial charge is 0.346 e. The number of imide groups is 1. The number of urea groups is 1. The van der Waals surface area contributed by atoms with Crippen molar-refractivity contribution in [2.75, 3.05) is 6.54 Å². The first-order valence-electron chi connectivity index (χ1n) is 10.6. The highest BCUT2D eigenvalue weighted by molar-refractivity contribution is 6.11. The van der Waals surface area contributed by atoms with Gasteiger partial charge in [0.2, 0.25) is 0 Å². The molecule has 4 rings (SSSR count). The number of hydrogen-bond acceptors (Lipinski definition) is 3. The van der Waals surface area contributed by atoms with Gasteiger partial charge in [-0.15, -0.1) is 0 Å². The Bertz CT molecular complexity index is 1070. The molecule has 1 aliphatic heterocycles. The number of hydrogen-bond donors (Lipinski definition) is 1. The Labute approximate surface area is 177 Å². The van der Waals surface area contributed by atoms with Crippen LogP contribution >= 0.6 is 0 Å². The first kappa shape index (κ1) is 20.4. The number of nitrogens with one attached hydrogen (secondary N) is 1. The second-order valence-corrected chi connectivity index (χ2v) is 8.96. The van der Waals surface area contributed by atoms with E-state index in [0.717, 1.165) is 41.1 Å². The molecule has 0 spiro atoms. The number of aromatic nitrogens is 1. The Morgan fingerprint density at radius 3 is 2.50 bits per heavy atom. The number of carbonyl (C=O) groups excluding carboxylic acids is 3. The van der Waals surface area contributed by atoms with Crippen LogP contribution in [-0.4, -0.2) is 33.7 Å². The smallest absolute Gasteiger partial charge is 0.325 e. The number of nitrogens with zero attached hydrogens (tertiary/aromatic N) is 2. The summed E-state index contributed by atoms with van der Waals surface area (Å²) >= 11 is 0. The molecule has 2 aromatic rings. The Balaban J connectivity index is 1.59. The highest BCUT2D eigenvalue weighted by Crippen LogP contribution is 2.33. The number of carbonyl (C=O) groups is 3. The molecule has 2 aliphatic rings. The van der Waals surface area contributed by atoms with Gasteiger partial charge in [0.25, 0.3) is 5.91 Å². The van der Waals surface area contributed by atoms with Gasteiger partial charge < -0.3 is 9.88 Å². The number of benzene rings is 1. The van der Waals surface area contributed by atoms with E-state index in [0.29, 0.717) is 5.56 Å². The second-order valence-electron chi connectivity index (χ2n) is 8.96. The molecule has 1 atom stereocenters. The number of fused-ring (bicyclic) bond motifs is 1. The van der Waals surface area contributed by atoms with Gasteiger partial charge in [0.1, 0.15) is 5.54 Å². The van der Waals surface area contributed by atoms with Gasteiger partial charge in [-0.05, 0) is 76.6 Å². The van der Waals surface area contributed by atoms with Gasteiger partial charge in [-0.1, -0.05) is 18.2 Å². The van der Waals surface area contributed by atoms with Gasteiger partial charge in [-0.25, -0.2) is 4.79 Å². The topological polar surface area (TPSA) is 71.4 Å². The van der Waals surface area contributed by atoms with E-state index in [1.807, 2.05) is 32.0 Å². The normalized spacial score (nSPS) is 20.8. The molecule has 30 heavy (non-hydrogen) atoms. The zero-order chi connectivity index (χ0) is 21.8. The van der Waals surface area contributed by atoms with Gasteiger partial charge >= 0.3 is 6.03 Å². The minimum Gasteiger partial charge on any atom is -0.346 e. The molecule has 1 aromatic carbocycles. The number of amides is 3. The lowest BCUT2D eigenvalue weighted by molar-refractivity contribution is -0.130. The van der Waals surface area contributed by atoms with Crippen molar-refractivity contribution in [3.63, 3.8) is 0 Å². The van der Waals surface area contributed by atoms with Crippen molar-refractivity contribution < 1.29 is 14.4 Å². The van der Waals surface area contributed by atoms with Crippen LogP contribution in [0.1, 0.15) is 71.7 Å². The highest BCUT2D eigenvalue weighted by Gasteiger charge is 2.49. The third-order valence-electron chi connectivity index (χ3n) is 6.55. The fourth-order valence-corrected chi connectivity index (χ4v) is 5.00. The van der Waals surface area contributed by atoms with Crippen molar-refractivity contribution in [2.45, 2.75) is 65.5 Å². The average Bonchev–Trinajstić information content (AvgIpc) is 3.33. The van der Waals surface area contributed by atoms with E-state index in [4.69, 9.17) is 0 Å². The summed E-state index contributed by atoms with van der Waals surface area (Å²) in [5.41, 5.74) is 4.59. The van der Waals surface area contributed by atoms with Crippen LogP contribution < -0.4 is 5.32 Å².